The van der Waals surface area contributed by atoms with E-state index < -0.39 is 0 Å². The van der Waals surface area contributed by atoms with Gasteiger partial charge in [-0.2, -0.15) is 5.10 Å². The van der Waals surface area contributed by atoms with E-state index in [0.717, 1.165) is 5.69 Å². The number of carbonyl (C=O) groups excluding carboxylic acids is 1. The number of ether oxygens (including phenoxy) is 2. The molecule has 2 heterocycles. The summed E-state index contributed by atoms with van der Waals surface area (Å²) in [4.78, 5) is 11.7. The summed E-state index contributed by atoms with van der Waals surface area (Å²) >= 11 is 1.68. The predicted octanol–water partition coefficient (Wildman–Crippen LogP) is 2.65. The quantitative estimate of drug-likeness (QED) is 0.581. The molecule has 0 unspecified atom stereocenters. The summed E-state index contributed by atoms with van der Waals surface area (Å²) in [6, 6.07) is 5.98. The van der Waals surface area contributed by atoms with Crippen molar-refractivity contribution in [2.24, 2.45) is 0 Å². The van der Waals surface area contributed by atoms with E-state index in [0.29, 0.717) is 13.3 Å². The van der Waals surface area contributed by atoms with E-state index in [1.54, 1.807) is 16.0 Å². The van der Waals surface area contributed by atoms with Gasteiger partial charge in [0, 0.05) is 18.0 Å². The smallest absolute Gasteiger partial charge is 0.302 e. The normalized spacial score (nSPS) is 11.1. The Morgan fingerprint density at radius 3 is 3.05 bits per heavy atom. The van der Waals surface area contributed by atoms with Gasteiger partial charge in [0.1, 0.15) is 13.3 Å². The van der Waals surface area contributed by atoms with Crippen molar-refractivity contribution in [3.63, 3.8) is 0 Å². The van der Waals surface area contributed by atoms with E-state index >= 15 is 0 Å². The van der Waals surface area contributed by atoms with Gasteiger partial charge in [0.15, 0.2) is 0 Å². The van der Waals surface area contributed by atoms with Crippen LogP contribution in [0.4, 0.5) is 0 Å². The Morgan fingerprint density at radius 2 is 2.30 bits per heavy atom. The molecule has 0 spiro atoms. The average Bonchev–Trinajstić information content (AvgIpc) is 3.07. The number of aromatic nitrogens is 2. The number of esters is 1. The number of carbonyl (C=O) groups is 1. The lowest BCUT2D eigenvalue weighted by atomic mass is 10.3. The summed E-state index contributed by atoms with van der Waals surface area (Å²) in [7, 11) is 0. The fourth-order valence-electron chi connectivity index (χ4n) is 1.49. The zero-order valence-corrected chi connectivity index (χ0v) is 12.0. The Labute approximate surface area is 121 Å². The van der Waals surface area contributed by atoms with Gasteiger partial charge in [-0.15, -0.1) is 11.3 Å². The lowest BCUT2D eigenvalue weighted by Gasteiger charge is -2.04. The first-order valence-corrected chi connectivity index (χ1v) is 7.08. The number of hydrogen-bond donors (Lipinski definition) is 0. The highest BCUT2D eigenvalue weighted by molar-refractivity contribution is 7.10. The predicted molar refractivity (Wildman–Crippen MR) is 78.1 cm³/mol. The van der Waals surface area contributed by atoms with Crippen molar-refractivity contribution >= 4 is 29.5 Å². The Morgan fingerprint density at radius 1 is 1.40 bits per heavy atom. The molecule has 5 nitrogen and oxygen atoms in total. The molecule has 0 bridgehead atoms. The third-order valence-corrected chi connectivity index (χ3v) is 3.22. The highest BCUT2D eigenvalue weighted by Gasteiger charge is 1.97. The summed E-state index contributed by atoms with van der Waals surface area (Å²) in [5.41, 5.74) is 0.877. The lowest BCUT2D eigenvalue weighted by Crippen LogP contribution is -2.10. The van der Waals surface area contributed by atoms with Crippen LogP contribution in [-0.4, -0.2) is 29.0 Å². The van der Waals surface area contributed by atoms with Crippen molar-refractivity contribution in [2.45, 2.75) is 13.7 Å². The molecule has 2 aromatic heterocycles. The van der Waals surface area contributed by atoms with Gasteiger partial charge in [0.05, 0.1) is 12.3 Å². The van der Waals surface area contributed by atoms with Crippen molar-refractivity contribution in [1.82, 2.24) is 9.78 Å². The molecule has 106 valence electrons. The maximum atomic E-state index is 10.5. The maximum absolute atomic E-state index is 10.5. The second-order valence-electron chi connectivity index (χ2n) is 4.01. The van der Waals surface area contributed by atoms with E-state index in [9.17, 15) is 4.79 Å². The molecular formula is C14H16N2O3S. The van der Waals surface area contributed by atoms with Crippen molar-refractivity contribution < 1.29 is 14.3 Å². The summed E-state index contributed by atoms with van der Waals surface area (Å²) in [5.74, 6) is -0.298. The fraction of sp³-hybridized carbons (Fsp3) is 0.286. The molecule has 6 heteroatoms. The molecule has 0 amide bonds. The van der Waals surface area contributed by atoms with Crippen LogP contribution in [0.25, 0.3) is 12.2 Å². The minimum atomic E-state index is -0.298. The summed E-state index contributed by atoms with van der Waals surface area (Å²) in [6.07, 6.45) is 5.83. The summed E-state index contributed by atoms with van der Waals surface area (Å²) in [5, 5.41) is 6.38. The molecule has 2 aromatic rings. The Kier molecular flexibility index (Phi) is 5.52. The number of rotatable bonds is 7. The van der Waals surface area contributed by atoms with E-state index in [4.69, 9.17) is 9.47 Å². The number of thiophene rings is 1. The van der Waals surface area contributed by atoms with Crippen molar-refractivity contribution in [1.29, 1.82) is 0 Å². The van der Waals surface area contributed by atoms with Gasteiger partial charge in [0.25, 0.3) is 0 Å². The third kappa shape index (κ3) is 4.99. The van der Waals surface area contributed by atoms with Gasteiger partial charge in [-0.25, -0.2) is 4.68 Å². The van der Waals surface area contributed by atoms with Gasteiger partial charge >= 0.3 is 5.97 Å². The average molecular weight is 292 g/mol. The molecule has 0 atom stereocenters. The summed E-state index contributed by atoms with van der Waals surface area (Å²) < 4.78 is 11.8. The number of hydrogen-bond acceptors (Lipinski definition) is 5. The van der Waals surface area contributed by atoms with Crippen LogP contribution < -0.4 is 0 Å². The van der Waals surface area contributed by atoms with Crippen LogP contribution in [0, 0.1) is 0 Å². The topological polar surface area (TPSA) is 53.4 Å². The van der Waals surface area contributed by atoms with Crippen LogP contribution in [0.5, 0.6) is 0 Å². The minimum absolute atomic E-state index is 0.266. The highest BCUT2D eigenvalue weighted by Crippen LogP contribution is 2.12. The summed E-state index contributed by atoms with van der Waals surface area (Å²) in [6.45, 7) is 2.34. The first-order valence-electron chi connectivity index (χ1n) is 6.20. The van der Waals surface area contributed by atoms with Crippen molar-refractivity contribution in [3.8, 4) is 0 Å². The molecule has 0 saturated heterocycles. The van der Waals surface area contributed by atoms with Gasteiger partial charge in [-0.3, -0.25) is 4.79 Å². The fourth-order valence-corrected chi connectivity index (χ4v) is 2.11. The molecule has 2 rings (SSSR count). The molecule has 0 fully saturated rings. The van der Waals surface area contributed by atoms with Crippen molar-refractivity contribution in [2.75, 3.05) is 13.2 Å². The first kappa shape index (κ1) is 14.5. The van der Waals surface area contributed by atoms with Crippen LogP contribution in [-0.2, 0) is 21.0 Å². The molecule has 0 aromatic carbocycles. The van der Waals surface area contributed by atoms with Crippen LogP contribution in [0.3, 0.4) is 0 Å². The van der Waals surface area contributed by atoms with Crippen LogP contribution in [0.1, 0.15) is 17.5 Å². The Hall–Kier alpha value is -1.92. The lowest BCUT2D eigenvalue weighted by molar-refractivity contribution is -0.142. The molecule has 0 saturated carbocycles. The Bertz CT molecular complexity index is 561. The van der Waals surface area contributed by atoms with Gasteiger partial charge in [-0.05, 0) is 29.7 Å². The van der Waals surface area contributed by atoms with Crippen LogP contribution in [0.2, 0.25) is 0 Å². The van der Waals surface area contributed by atoms with E-state index in [2.05, 4.69) is 11.2 Å². The highest BCUT2D eigenvalue weighted by atomic mass is 32.1. The SMILES string of the molecule is CC(=O)OCCOCn1ccc(/C=C/c2cccs2)n1. The monoisotopic (exact) mass is 292 g/mol. The standard InChI is InChI=1S/C14H16N2O3S/c1-12(17)19-9-8-18-11-16-7-6-13(15-16)4-5-14-3-2-10-20-14/h2-7,10H,8-9,11H2,1H3/b5-4+. The molecule has 0 aliphatic carbocycles. The molecule has 20 heavy (non-hydrogen) atoms. The Balaban J connectivity index is 1.73. The second kappa shape index (κ2) is 7.62. The van der Waals surface area contributed by atoms with Crippen LogP contribution >= 0.6 is 11.3 Å². The van der Waals surface area contributed by atoms with E-state index in [1.807, 2.05) is 35.9 Å². The zero-order chi connectivity index (χ0) is 14.2. The largest absolute Gasteiger partial charge is 0.463 e. The van der Waals surface area contributed by atoms with Gasteiger partial charge in [-0.1, -0.05) is 6.07 Å². The second-order valence-corrected chi connectivity index (χ2v) is 4.99. The molecule has 0 aliphatic heterocycles. The first-order chi connectivity index (χ1) is 9.74. The van der Waals surface area contributed by atoms with Crippen LogP contribution in [0.15, 0.2) is 29.8 Å². The zero-order valence-electron chi connectivity index (χ0n) is 11.2. The molecule has 0 radical (unpaired) electrons. The number of nitrogens with zero attached hydrogens (tertiary/aromatic N) is 2. The molecular weight excluding hydrogens is 276 g/mol. The minimum Gasteiger partial charge on any atom is -0.463 e. The van der Waals surface area contributed by atoms with Gasteiger partial charge in [0.2, 0.25) is 0 Å². The molecule has 0 N–H and O–H groups in total. The van der Waals surface area contributed by atoms with Gasteiger partial charge < -0.3 is 9.47 Å². The van der Waals surface area contributed by atoms with Crippen molar-refractivity contribution in [3.05, 3.63) is 40.3 Å². The third-order valence-electron chi connectivity index (χ3n) is 2.38. The van der Waals surface area contributed by atoms with E-state index in [-0.39, 0.29) is 12.6 Å². The molecule has 0 aliphatic rings. The van der Waals surface area contributed by atoms with E-state index in [1.165, 1.54) is 11.8 Å². The maximum Gasteiger partial charge on any atom is 0.302 e.